The van der Waals surface area contributed by atoms with Crippen LogP contribution in [0.25, 0.3) is 44.4 Å². The molecule has 0 saturated carbocycles. The zero-order chi connectivity index (χ0) is 35.8. The van der Waals surface area contributed by atoms with Gasteiger partial charge in [0.05, 0.1) is 5.69 Å². The Morgan fingerprint density at radius 3 is 2.13 bits per heavy atom. The summed E-state index contributed by atoms with van der Waals surface area (Å²) in [4.78, 5) is 4.73. The molecule has 0 atom stereocenters. The number of nitrogens with zero attached hydrogens (tertiary/aromatic N) is 4. The van der Waals surface area contributed by atoms with E-state index < -0.39 is 0 Å². The van der Waals surface area contributed by atoms with Gasteiger partial charge in [-0.25, -0.2) is 4.98 Å². The second-order valence-corrected chi connectivity index (χ2v) is 15.0. The molecular weight excluding hydrogens is 820 g/mol. The third kappa shape index (κ3) is 7.52. The van der Waals surface area contributed by atoms with E-state index in [0.29, 0.717) is 23.3 Å². The quantitative estimate of drug-likeness (QED) is 0.122. The van der Waals surface area contributed by atoms with E-state index in [1.807, 2.05) is 30.5 Å². The molecule has 5 nitrogen and oxygen atoms in total. The molecule has 268 valence electrons. The van der Waals surface area contributed by atoms with E-state index in [2.05, 4.69) is 131 Å². The van der Waals surface area contributed by atoms with E-state index in [0.717, 1.165) is 70.3 Å². The molecule has 0 unspecified atom stereocenters. The van der Waals surface area contributed by atoms with Crippen LogP contribution in [0.4, 0.5) is 0 Å². The van der Waals surface area contributed by atoms with Gasteiger partial charge in [-0.1, -0.05) is 69.1 Å². The predicted octanol–water partition coefficient (Wildman–Crippen LogP) is 11.8. The van der Waals surface area contributed by atoms with Gasteiger partial charge in [-0.05, 0) is 117 Å². The SMILES string of the molecule is Cc1ccnc(-n2c3[c-]c(Oc4[c-]c(-n5nc(CCC(C)C)c(-c6c(C)cc(C)cc6C)c5CCC(C)C)ccc4)ccc3c3ccccc32)c1.[Pt+2]. The van der Waals surface area contributed by atoms with Crippen LogP contribution in [0.1, 0.15) is 74.2 Å². The number of hydrogen-bond donors (Lipinski definition) is 0. The topological polar surface area (TPSA) is 44.9 Å². The minimum Gasteiger partial charge on any atom is -0.509 e. The van der Waals surface area contributed by atoms with Crippen molar-refractivity contribution in [3.8, 4) is 34.1 Å². The fourth-order valence-corrected chi connectivity index (χ4v) is 7.37. The predicted molar refractivity (Wildman–Crippen MR) is 211 cm³/mol. The molecule has 0 spiro atoms. The number of benzene rings is 4. The summed E-state index contributed by atoms with van der Waals surface area (Å²) in [6, 6.07) is 34.6. The van der Waals surface area contributed by atoms with Crippen molar-refractivity contribution in [1.82, 2.24) is 19.3 Å². The number of ether oxygens (including phenoxy) is 1. The monoisotopic (exact) mass is 867 g/mol. The Balaban J connectivity index is 0.00000464. The minimum absolute atomic E-state index is 0. The van der Waals surface area contributed by atoms with Gasteiger partial charge >= 0.3 is 21.1 Å². The maximum Gasteiger partial charge on any atom is 2.00 e. The number of pyridine rings is 1. The summed E-state index contributed by atoms with van der Waals surface area (Å²) in [5.74, 6) is 3.25. The van der Waals surface area contributed by atoms with Crippen molar-refractivity contribution in [3.05, 3.63) is 131 Å². The number of hydrogen-bond acceptors (Lipinski definition) is 3. The molecule has 4 aromatic carbocycles. The first-order chi connectivity index (χ1) is 24.6. The third-order valence-corrected chi connectivity index (χ3v) is 9.79. The van der Waals surface area contributed by atoms with Crippen molar-refractivity contribution < 1.29 is 25.8 Å². The van der Waals surface area contributed by atoms with Gasteiger partial charge in [0.2, 0.25) is 0 Å². The zero-order valence-corrected chi connectivity index (χ0v) is 33.9. The molecular formula is C46H48N4OPt. The summed E-state index contributed by atoms with van der Waals surface area (Å²) in [5.41, 5.74) is 12.9. The molecule has 7 aromatic rings. The molecule has 0 aliphatic carbocycles. The summed E-state index contributed by atoms with van der Waals surface area (Å²) in [5, 5.41) is 7.65. The minimum atomic E-state index is 0. The number of aromatic nitrogens is 4. The van der Waals surface area contributed by atoms with E-state index in [9.17, 15) is 0 Å². The van der Waals surface area contributed by atoms with Crippen LogP contribution in [0.5, 0.6) is 11.5 Å². The van der Waals surface area contributed by atoms with Crippen LogP contribution in [-0.2, 0) is 33.9 Å². The van der Waals surface area contributed by atoms with E-state index >= 15 is 0 Å². The summed E-state index contributed by atoms with van der Waals surface area (Å²) in [7, 11) is 0. The van der Waals surface area contributed by atoms with Gasteiger partial charge in [0.25, 0.3) is 0 Å². The molecule has 7 rings (SSSR count). The zero-order valence-electron chi connectivity index (χ0n) is 31.6. The van der Waals surface area contributed by atoms with Crippen molar-refractivity contribution in [2.75, 3.05) is 0 Å². The maximum absolute atomic E-state index is 6.56. The van der Waals surface area contributed by atoms with Gasteiger partial charge in [0.1, 0.15) is 5.82 Å². The van der Waals surface area contributed by atoms with E-state index in [-0.39, 0.29) is 21.1 Å². The van der Waals surface area contributed by atoms with Gasteiger partial charge in [-0.2, -0.15) is 17.2 Å². The van der Waals surface area contributed by atoms with Crippen molar-refractivity contribution in [1.29, 1.82) is 0 Å². The van der Waals surface area contributed by atoms with Gasteiger partial charge in [0, 0.05) is 34.5 Å². The van der Waals surface area contributed by atoms with Crippen molar-refractivity contribution in [2.45, 2.75) is 81.1 Å². The fourth-order valence-electron chi connectivity index (χ4n) is 7.37. The molecule has 0 amide bonds. The Morgan fingerprint density at radius 2 is 1.40 bits per heavy atom. The standard InChI is InChI=1S/C46H48N4O.Pt/c1-29(2)16-20-40-46(45-33(7)24-32(6)25-34(45)8)42(21-17-30(3)4)50(48-40)35-12-11-13-36(27-35)51-37-18-19-39-38-14-9-10-15-41(38)49(43(39)28-37)44-26-31(5)22-23-47-44;/h9-15,18-19,22-26,29-30H,16-17,20-21H2,1-8H3;/q-2;+2. The number of fused-ring (bicyclic) bond motifs is 3. The first-order valence-electron chi connectivity index (χ1n) is 18.4. The van der Waals surface area contributed by atoms with Crippen LogP contribution in [-0.4, -0.2) is 19.3 Å². The average molecular weight is 868 g/mol. The molecule has 0 saturated heterocycles. The molecule has 52 heavy (non-hydrogen) atoms. The Morgan fingerprint density at radius 1 is 0.692 bits per heavy atom. The molecule has 3 aromatic heterocycles. The second kappa shape index (κ2) is 15.6. The van der Waals surface area contributed by atoms with Gasteiger partial charge < -0.3 is 9.30 Å². The second-order valence-electron chi connectivity index (χ2n) is 15.0. The van der Waals surface area contributed by atoms with Crippen LogP contribution in [0, 0.1) is 51.7 Å². The normalized spacial score (nSPS) is 11.6. The van der Waals surface area contributed by atoms with Crippen LogP contribution in [0.2, 0.25) is 0 Å². The maximum atomic E-state index is 6.56. The van der Waals surface area contributed by atoms with E-state index in [1.165, 1.54) is 33.5 Å². The van der Waals surface area contributed by atoms with Crippen LogP contribution >= 0.6 is 0 Å². The Labute approximate surface area is 323 Å². The molecule has 6 heteroatoms. The first kappa shape index (κ1) is 37.3. The number of aryl methyl sites for hydroxylation is 5. The van der Waals surface area contributed by atoms with Crippen molar-refractivity contribution in [3.63, 3.8) is 0 Å². The third-order valence-electron chi connectivity index (χ3n) is 9.79. The first-order valence-corrected chi connectivity index (χ1v) is 18.4. The smallest absolute Gasteiger partial charge is 0.509 e. The Bertz CT molecular complexity index is 2340. The van der Waals surface area contributed by atoms with Gasteiger partial charge in [-0.3, -0.25) is 4.68 Å². The van der Waals surface area contributed by atoms with E-state index in [1.54, 1.807) is 0 Å². The van der Waals surface area contributed by atoms with Crippen LogP contribution in [0.15, 0.2) is 85.1 Å². The summed E-state index contributed by atoms with van der Waals surface area (Å²) in [6.07, 6.45) is 5.86. The molecule has 3 heterocycles. The summed E-state index contributed by atoms with van der Waals surface area (Å²) >= 11 is 0. The Kier molecular flexibility index (Phi) is 11.2. The molecule has 0 N–H and O–H groups in total. The largest absolute Gasteiger partial charge is 2.00 e. The molecule has 0 bridgehead atoms. The number of para-hydroxylation sites is 1. The summed E-state index contributed by atoms with van der Waals surface area (Å²) < 4.78 is 10.9. The van der Waals surface area contributed by atoms with Gasteiger partial charge in [0.15, 0.2) is 0 Å². The molecule has 0 aliphatic rings. The molecule has 0 fully saturated rings. The molecule has 0 aliphatic heterocycles. The van der Waals surface area contributed by atoms with E-state index in [4.69, 9.17) is 14.8 Å². The van der Waals surface area contributed by atoms with Crippen LogP contribution in [0.3, 0.4) is 0 Å². The number of rotatable bonds is 11. The van der Waals surface area contributed by atoms with Crippen molar-refractivity contribution >= 4 is 21.8 Å². The van der Waals surface area contributed by atoms with Crippen LogP contribution < -0.4 is 4.74 Å². The van der Waals surface area contributed by atoms with Gasteiger partial charge in [-0.15, -0.1) is 35.7 Å². The fraction of sp³-hybridized carbons (Fsp3) is 0.304. The Hall–Kier alpha value is -4.47. The molecule has 0 radical (unpaired) electrons. The average Bonchev–Trinajstić information content (AvgIpc) is 3.61. The summed E-state index contributed by atoms with van der Waals surface area (Å²) in [6.45, 7) is 17.9. The van der Waals surface area contributed by atoms with Crippen molar-refractivity contribution in [2.24, 2.45) is 11.8 Å².